The topological polar surface area (TPSA) is 56.5 Å². The molecule has 1 N–H and O–H groups in total. The minimum Gasteiger partial charge on any atom is -0.393 e. The Bertz CT molecular complexity index is 302. The van der Waals surface area contributed by atoms with Crippen molar-refractivity contribution in [3.8, 4) is 0 Å². The Kier molecular flexibility index (Phi) is 6.84. The zero-order valence-electron chi connectivity index (χ0n) is 10.6. The van der Waals surface area contributed by atoms with Gasteiger partial charge in [0.15, 0.2) is 0 Å². The fraction of sp³-hybridized carbons (Fsp3) is 0.750. The molecule has 0 aliphatic rings. The van der Waals surface area contributed by atoms with Gasteiger partial charge in [0.05, 0.1) is 25.5 Å². The van der Waals surface area contributed by atoms with E-state index >= 15 is 0 Å². The van der Waals surface area contributed by atoms with Crippen molar-refractivity contribution >= 4 is 0 Å². The highest BCUT2D eigenvalue weighted by Gasteiger charge is 2.07. The Morgan fingerprint density at radius 2 is 2.24 bits per heavy atom. The van der Waals surface area contributed by atoms with E-state index in [-0.39, 0.29) is 6.10 Å². The highest BCUT2D eigenvalue weighted by atomic mass is 16.5. The average Bonchev–Trinajstić information content (AvgIpc) is 2.76. The molecule has 1 atom stereocenters. The maximum absolute atomic E-state index is 9.79. The predicted molar refractivity (Wildman–Crippen MR) is 64.9 cm³/mol. The van der Waals surface area contributed by atoms with E-state index in [1.165, 1.54) is 0 Å². The number of aromatic nitrogens is 2. The third-order valence-corrected chi connectivity index (χ3v) is 2.51. The molecule has 0 aliphatic heterocycles. The molecule has 0 spiro atoms. The summed E-state index contributed by atoms with van der Waals surface area (Å²) in [6.45, 7) is 4.63. The first kappa shape index (κ1) is 14.2. The van der Waals surface area contributed by atoms with Gasteiger partial charge in [-0.25, -0.2) is 0 Å². The number of aryl methyl sites for hydroxylation is 1. The van der Waals surface area contributed by atoms with Crippen molar-refractivity contribution in [2.24, 2.45) is 0 Å². The van der Waals surface area contributed by atoms with Crippen molar-refractivity contribution in [3.05, 3.63) is 18.0 Å². The third-order valence-electron chi connectivity index (χ3n) is 2.51. The van der Waals surface area contributed by atoms with Crippen molar-refractivity contribution in [1.29, 1.82) is 0 Å². The van der Waals surface area contributed by atoms with Gasteiger partial charge in [-0.1, -0.05) is 0 Å². The van der Waals surface area contributed by atoms with Gasteiger partial charge in [-0.15, -0.1) is 0 Å². The number of hydrogen-bond acceptors (Lipinski definition) is 4. The maximum Gasteiger partial charge on any atom is 0.0700 e. The molecular weight excluding hydrogens is 220 g/mol. The van der Waals surface area contributed by atoms with E-state index in [4.69, 9.17) is 9.47 Å². The van der Waals surface area contributed by atoms with Crippen LogP contribution in [0.1, 0.15) is 18.9 Å². The lowest BCUT2D eigenvalue weighted by Gasteiger charge is -2.09. The SMILES string of the molecule is CCn1cc(CC(O)CCOCCOC)cn1. The first-order valence-electron chi connectivity index (χ1n) is 6.02. The van der Waals surface area contributed by atoms with Crippen LogP contribution in [-0.2, 0) is 22.4 Å². The van der Waals surface area contributed by atoms with Crippen LogP contribution in [0, 0.1) is 0 Å². The van der Waals surface area contributed by atoms with Gasteiger partial charge >= 0.3 is 0 Å². The normalized spacial score (nSPS) is 12.9. The van der Waals surface area contributed by atoms with Gasteiger partial charge in [-0.2, -0.15) is 5.10 Å². The van der Waals surface area contributed by atoms with Crippen LogP contribution in [0.4, 0.5) is 0 Å². The molecule has 0 saturated heterocycles. The Hall–Kier alpha value is -0.910. The fourth-order valence-corrected chi connectivity index (χ4v) is 1.52. The molecule has 5 nitrogen and oxygen atoms in total. The Balaban J connectivity index is 2.13. The quantitative estimate of drug-likeness (QED) is 0.653. The van der Waals surface area contributed by atoms with Crippen LogP contribution >= 0.6 is 0 Å². The number of aliphatic hydroxyl groups is 1. The number of aliphatic hydroxyl groups excluding tert-OH is 1. The van der Waals surface area contributed by atoms with Gasteiger partial charge in [0, 0.05) is 32.9 Å². The van der Waals surface area contributed by atoms with Crippen molar-refractivity contribution < 1.29 is 14.6 Å². The molecule has 0 radical (unpaired) electrons. The number of ether oxygens (including phenoxy) is 2. The van der Waals surface area contributed by atoms with Crippen molar-refractivity contribution in [1.82, 2.24) is 9.78 Å². The first-order chi connectivity index (χ1) is 8.26. The second-order valence-electron chi connectivity index (χ2n) is 3.96. The molecule has 98 valence electrons. The number of rotatable bonds is 9. The van der Waals surface area contributed by atoms with Gasteiger partial charge in [-0.05, 0) is 18.9 Å². The number of hydrogen-bond donors (Lipinski definition) is 1. The van der Waals surface area contributed by atoms with Crippen molar-refractivity contribution in [2.75, 3.05) is 26.9 Å². The largest absolute Gasteiger partial charge is 0.393 e. The predicted octanol–water partition coefficient (Wildman–Crippen LogP) is 0.859. The van der Waals surface area contributed by atoms with E-state index in [2.05, 4.69) is 5.10 Å². The molecule has 1 aromatic heterocycles. The van der Waals surface area contributed by atoms with E-state index in [0.717, 1.165) is 12.1 Å². The standard InChI is InChI=1S/C12H22N2O3/c1-3-14-10-11(9-13-14)8-12(15)4-5-17-7-6-16-2/h9-10,12,15H,3-8H2,1-2H3. The summed E-state index contributed by atoms with van der Waals surface area (Å²) in [7, 11) is 1.64. The monoisotopic (exact) mass is 242 g/mol. The molecule has 0 amide bonds. The van der Waals surface area contributed by atoms with Crippen molar-refractivity contribution in [3.63, 3.8) is 0 Å². The highest BCUT2D eigenvalue weighted by molar-refractivity contribution is 5.05. The molecule has 1 heterocycles. The summed E-state index contributed by atoms with van der Waals surface area (Å²) in [4.78, 5) is 0. The van der Waals surface area contributed by atoms with Gasteiger partial charge in [0.25, 0.3) is 0 Å². The second kappa shape index (κ2) is 8.22. The lowest BCUT2D eigenvalue weighted by atomic mass is 10.1. The summed E-state index contributed by atoms with van der Waals surface area (Å²) in [6, 6.07) is 0. The van der Waals surface area contributed by atoms with E-state index in [9.17, 15) is 5.11 Å². The Morgan fingerprint density at radius 1 is 1.41 bits per heavy atom. The Labute approximate surface area is 102 Å². The lowest BCUT2D eigenvalue weighted by Crippen LogP contribution is -2.14. The molecule has 0 aromatic carbocycles. The van der Waals surface area contributed by atoms with E-state index in [1.54, 1.807) is 13.3 Å². The van der Waals surface area contributed by atoms with Gasteiger partial charge < -0.3 is 14.6 Å². The van der Waals surface area contributed by atoms with Gasteiger partial charge in [-0.3, -0.25) is 4.68 Å². The van der Waals surface area contributed by atoms with Crippen molar-refractivity contribution in [2.45, 2.75) is 32.4 Å². The van der Waals surface area contributed by atoms with Gasteiger partial charge in [0.1, 0.15) is 0 Å². The summed E-state index contributed by atoms with van der Waals surface area (Å²) in [6.07, 6.45) is 4.68. The van der Waals surface area contributed by atoms with E-state index < -0.39 is 0 Å². The highest BCUT2D eigenvalue weighted by Crippen LogP contribution is 2.05. The molecule has 5 heteroatoms. The second-order valence-corrected chi connectivity index (χ2v) is 3.96. The smallest absolute Gasteiger partial charge is 0.0700 e. The maximum atomic E-state index is 9.79. The lowest BCUT2D eigenvalue weighted by molar-refractivity contribution is 0.0479. The fourth-order valence-electron chi connectivity index (χ4n) is 1.52. The zero-order chi connectivity index (χ0) is 12.5. The Morgan fingerprint density at radius 3 is 2.88 bits per heavy atom. The van der Waals surface area contributed by atoms with Crippen LogP contribution < -0.4 is 0 Å². The van der Waals surface area contributed by atoms with Crippen LogP contribution in [0.15, 0.2) is 12.4 Å². The molecule has 17 heavy (non-hydrogen) atoms. The van der Waals surface area contributed by atoms with Crippen LogP contribution in [0.2, 0.25) is 0 Å². The summed E-state index contributed by atoms with van der Waals surface area (Å²) in [5, 5.41) is 14.0. The molecule has 1 unspecified atom stereocenters. The van der Waals surface area contributed by atoms with E-state index in [0.29, 0.717) is 32.7 Å². The minimum atomic E-state index is -0.368. The molecular formula is C12H22N2O3. The first-order valence-corrected chi connectivity index (χ1v) is 6.02. The summed E-state index contributed by atoms with van der Waals surface area (Å²) < 4.78 is 12.0. The number of methoxy groups -OCH3 is 1. The zero-order valence-corrected chi connectivity index (χ0v) is 10.6. The molecule has 1 rings (SSSR count). The molecule has 0 bridgehead atoms. The van der Waals surface area contributed by atoms with Crippen LogP contribution in [0.25, 0.3) is 0 Å². The molecule has 1 aromatic rings. The van der Waals surface area contributed by atoms with E-state index in [1.807, 2.05) is 17.8 Å². The summed E-state index contributed by atoms with van der Waals surface area (Å²) in [5.74, 6) is 0. The van der Waals surface area contributed by atoms with Gasteiger partial charge in [0.2, 0.25) is 0 Å². The summed E-state index contributed by atoms with van der Waals surface area (Å²) in [5.41, 5.74) is 1.07. The molecule has 0 aliphatic carbocycles. The van der Waals surface area contributed by atoms with Crippen LogP contribution in [0.5, 0.6) is 0 Å². The van der Waals surface area contributed by atoms with Crippen LogP contribution in [-0.4, -0.2) is 47.9 Å². The van der Waals surface area contributed by atoms with Crippen LogP contribution in [0.3, 0.4) is 0 Å². The molecule has 0 saturated carbocycles. The third kappa shape index (κ3) is 5.81. The summed E-state index contributed by atoms with van der Waals surface area (Å²) >= 11 is 0. The average molecular weight is 242 g/mol. The minimum absolute atomic E-state index is 0.368. The molecule has 0 fully saturated rings. The number of nitrogens with zero attached hydrogens (tertiary/aromatic N) is 2.